The molecule has 0 radical (unpaired) electrons. The molecule has 1 amide bonds. The van der Waals surface area contributed by atoms with E-state index in [9.17, 15) is 13.6 Å². The molecule has 0 saturated heterocycles. The van der Waals surface area contributed by atoms with Crippen molar-refractivity contribution in [1.29, 1.82) is 0 Å². The zero-order chi connectivity index (χ0) is 17.8. The van der Waals surface area contributed by atoms with Gasteiger partial charge in [0.25, 0.3) is 5.91 Å². The summed E-state index contributed by atoms with van der Waals surface area (Å²) in [7, 11) is 1.57. The normalized spacial score (nSPS) is 16.6. The molecule has 0 fully saturated rings. The van der Waals surface area contributed by atoms with Crippen molar-refractivity contribution < 1.29 is 23.0 Å². The predicted molar refractivity (Wildman–Crippen MR) is 88.8 cm³/mol. The Morgan fingerprint density at radius 2 is 1.88 bits per heavy atom. The summed E-state index contributed by atoms with van der Waals surface area (Å²) < 4.78 is 34.1. The van der Waals surface area contributed by atoms with Crippen LogP contribution in [0.5, 0.6) is 5.75 Å². The van der Waals surface area contributed by atoms with Crippen LogP contribution in [-0.4, -0.2) is 37.7 Å². The van der Waals surface area contributed by atoms with Crippen LogP contribution in [0.25, 0.3) is 0 Å². The molecule has 0 aromatic heterocycles. The number of nitrogens with zero attached hydrogens (tertiary/aromatic N) is 1. The van der Waals surface area contributed by atoms with Crippen LogP contribution >= 0.6 is 0 Å². The van der Waals surface area contributed by atoms with Crippen molar-refractivity contribution in [2.24, 2.45) is 0 Å². The standard InChI is InChI=1S/C18H18F2N2O3/c1-24-11-10-22-16(12-6-8-13(9-7-12)25-18(19)20)21-15-5-3-2-4-14(15)17(22)23/h2-9,16,18,21H,10-11H2,1H3/t16-/m0/s1. The van der Waals surface area contributed by atoms with Gasteiger partial charge < -0.3 is 19.7 Å². The number of carbonyl (C=O) groups is 1. The Morgan fingerprint density at radius 3 is 2.56 bits per heavy atom. The minimum Gasteiger partial charge on any atom is -0.435 e. The Bertz CT molecular complexity index is 737. The minimum atomic E-state index is -2.87. The first-order chi connectivity index (χ1) is 12.1. The van der Waals surface area contributed by atoms with Gasteiger partial charge in [0.05, 0.1) is 12.2 Å². The lowest BCUT2D eigenvalue weighted by Crippen LogP contribution is -2.44. The minimum absolute atomic E-state index is 0.0738. The molecule has 5 nitrogen and oxygen atoms in total. The highest BCUT2D eigenvalue weighted by Crippen LogP contribution is 2.33. The Labute approximate surface area is 144 Å². The number of ether oxygens (including phenoxy) is 2. The number of amides is 1. The lowest BCUT2D eigenvalue weighted by atomic mass is 10.0. The molecule has 1 N–H and O–H groups in total. The van der Waals surface area contributed by atoms with E-state index in [0.29, 0.717) is 18.7 Å². The molecule has 0 saturated carbocycles. The van der Waals surface area contributed by atoms with E-state index in [4.69, 9.17) is 4.74 Å². The molecule has 0 bridgehead atoms. The topological polar surface area (TPSA) is 50.8 Å². The van der Waals surface area contributed by atoms with Crippen molar-refractivity contribution >= 4 is 11.6 Å². The van der Waals surface area contributed by atoms with Gasteiger partial charge in [-0.05, 0) is 29.8 Å². The average molecular weight is 348 g/mol. The monoisotopic (exact) mass is 348 g/mol. The molecular formula is C18H18F2N2O3. The number of nitrogens with one attached hydrogen (secondary N) is 1. The molecule has 25 heavy (non-hydrogen) atoms. The SMILES string of the molecule is COCCN1C(=O)c2ccccc2N[C@@H]1c1ccc(OC(F)F)cc1. The molecule has 2 aromatic carbocycles. The molecule has 0 unspecified atom stereocenters. The van der Waals surface area contributed by atoms with Gasteiger partial charge in [-0.2, -0.15) is 8.78 Å². The number of fused-ring (bicyclic) bond motifs is 1. The first-order valence-corrected chi connectivity index (χ1v) is 7.80. The number of carbonyl (C=O) groups excluding carboxylic acids is 1. The number of para-hydroxylation sites is 1. The van der Waals surface area contributed by atoms with Crippen LogP contribution in [-0.2, 0) is 4.74 Å². The molecule has 7 heteroatoms. The van der Waals surface area contributed by atoms with Gasteiger partial charge in [-0.3, -0.25) is 4.79 Å². The van der Waals surface area contributed by atoms with Crippen LogP contribution in [0.15, 0.2) is 48.5 Å². The third-order valence-corrected chi connectivity index (χ3v) is 3.98. The van der Waals surface area contributed by atoms with Gasteiger partial charge in [-0.1, -0.05) is 24.3 Å². The largest absolute Gasteiger partial charge is 0.435 e. The van der Waals surface area contributed by atoms with Crippen molar-refractivity contribution in [2.75, 3.05) is 25.6 Å². The fourth-order valence-electron chi connectivity index (χ4n) is 2.81. The fraction of sp³-hybridized carbons (Fsp3) is 0.278. The van der Waals surface area contributed by atoms with E-state index in [1.165, 1.54) is 12.1 Å². The zero-order valence-corrected chi connectivity index (χ0v) is 13.6. The van der Waals surface area contributed by atoms with E-state index in [0.717, 1.165) is 11.3 Å². The molecule has 0 spiro atoms. The lowest BCUT2D eigenvalue weighted by Gasteiger charge is -2.38. The number of benzene rings is 2. The summed E-state index contributed by atoms with van der Waals surface area (Å²) in [6.45, 7) is -2.08. The van der Waals surface area contributed by atoms with Crippen LogP contribution < -0.4 is 10.1 Å². The van der Waals surface area contributed by atoms with Gasteiger partial charge in [0.2, 0.25) is 0 Å². The summed E-state index contributed by atoms with van der Waals surface area (Å²) >= 11 is 0. The first kappa shape index (κ1) is 17.2. The number of methoxy groups -OCH3 is 1. The van der Waals surface area contributed by atoms with Gasteiger partial charge in [0, 0.05) is 19.3 Å². The summed E-state index contributed by atoms with van der Waals surface area (Å²) in [4.78, 5) is 14.5. The van der Waals surface area contributed by atoms with Crippen LogP contribution in [0.4, 0.5) is 14.5 Å². The number of anilines is 1. The Morgan fingerprint density at radius 1 is 1.16 bits per heavy atom. The molecule has 1 aliphatic heterocycles. The third-order valence-electron chi connectivity index (χ3n) is 3.98. The van der Waals surface area contributed by atoms with Crippen LogP contribution in [0.1, 0.15) is 22.1 Å². The maximum atomic E-state index is 12.8. The Hall–Kier alpha value is -2.67. The molecule has 3 rings (SSSR count). The molecule has 1 atom stereocenters. The summed E-state index contributed by atoms with van der Waals surface area (Å²) in [6, 6.07) is 13.5. The molecule has 0 aliphatic carbocycles. The van der Waals surface area contributed by atoms with Gasteiger partial charge >= 0.3 is 6.61 Å². The van der Waals surface area contributed by atoms with Gasteiger partial charge in [0.1, 0.15) is 11.9 Å². The fourth-order valence-corrected chi connectivity index (χ4v) is 2.81. The van der Waals surface area contributed by atoms with E-state index in [1.54, 1.807) is 30.2 Å². The van der Waals surface area contributed by atoms with Crippen molar-refractivity contribution in [3.05, 3.63) is 59.7 Å². The molecule has 2 aromatic rings. The third kappa shape index (κ3) is 3.71. The summed E-state index contributed by atoms with van der Waals surface area (Å²) in [5, 5.41) is 3.32. The van der Waals surface area contributed by atoms with Crippen molar-refractivity contribution in [3.63, 3.8) is 0 Å². The highest BCUT2D eigenvalue weighted by atomic mass is 19.3. The number of halogens is 2. The summed E-state index contributed by atoms with van der Waals surface area (Å²) in [5.74, 6) is -0.0333. The zero-order valence-electron chi connectivity index (χ0n) is 13.6. The first-order valence-electron chi connectivity index (χ1n) is 7.80. The van der Waals surface area contributed by atoms with E-state index in [1.807, 2.05) is 18.2 Å². The van der Waals surface area contributed by atoms with Crippen LogP contribution in [0, 0.1) is 0 Å². The summed E-state index contributed by atoms with van der Waals surface area (Å²) in [5.41, 5.74) is 2.09. The second kappa shape index (κ2) is 7.48. The van der Waals surface area contributed by atoms with Crippen LogP contribution in [0.2, 0.25) is 0 Å². The van der Waals surface area contributed by atoms with Crippen molar-refractivity contribution in [1.82, 2.24) is 4.90 Å². The average Bonchev–Trinajstić information content (AvgIpc) is 2.61. The number of rotatable bonds is 6. The van der Waals surface area contributed by atoms with Crippen molar-refractivity contribution in [3.8, 4) is 5.75 Å². The molecule has 132 valence electrons. The number of hydrogen-bond acceptors (Lipinski definition) is 4. The Kier molecular flexibility index (Phi) is 5.14. The molecular weight excluding hydrogens is 330 g/mol. The molecule has 1 heterocycles. The van der Waals surface area contributed by atoms with Gasteiger partial charge in [0.15, 0.2) is 0 Å². The van der Waals surface area contributed by atoms with Crippen LogP contribution in [0.3, 0.4) is 0 Å². The van der Waals surface area contributed by atoms with E-state index in [2.05, 4.69) is 10.1 Å². The number of alkyl halides is 2. The number of hydrogen-bond donors (Lipinski definition) is 1. The Balaban J connectivity index is 1.90. The predicted octanol–water partition coefficient (Wildman–Crippen LogP) is 3.50. The summed E-state index contributed by atoms with van der Waals surface area (Å²) in [6.07, 6.45) is -0.418. The maximum Gasteiger partial charge on any atom is 0.387 e. The van der Waals surface area contributed by atoms with E-state index < -0.39 is 12.8 Å². The highest BCUT2D eigenvalue weighted by Gasteiger charge is 2.32. The lowest BCUT2D eigenvalue weighted by molar-refractivity contribution is -0.0498. The van der Waals surface area contributed by atoms with E-state index >= 15 is 0 Å². The van der Waals surface area contributed by atoms with E-state index in [-0.39, 0.29) is 11.7 Å². The van der Waals surface area contributed by atoms with Gasteiger partial charge in [-0.15, -0.1) is 0 Å². The second-order valence-electron chi connectivity index (χ2n) is 5.53. The maximum absolute atomic E-state index is 12.8. The second-order valence-corrected chi connectivity index (χ2v) is 5.53. The smallest absolute Gasteiger partial charge is 0.387 e. The van der Waals surface area contributed by atoms with Crippen molar-refractivity contribution in [2.45, 2.75) is 12.8 Å². The van der Waals surface area contributed by atoms with Gasteiger partial charge in [-0.25, -0.2) is 0 Å². The molecule has 1 aliphatic rings. The quantitative estimate of drug-likeness (QED) is 0.868. The highest BCUT2D eigenvalue weighted by molar-refractivity contribution is 6.01.